The van der Waals surface area contributed by atoms with Crippen molar-refractivity contribution < 1.29 is 23.5 Å². The number of nitrogens with one attached hydrogen (secondary N) is 1. The summed E-state index contributed by atoms with van der Waals surface area (Å²) in [4.78, 5) is 28.5. The number of fused-ring (bicyclic) bond motifs is 1. The van der Waals surface area contributed by atoms with Crippen LogP contribution in [0.15, 0.2) is 42.5 Å². The van der Waals surface area contributed by atoms with Gasteiger partial charge in [-0.1, -0.05) is 36.8 Å². The third kappa shape index (κ3) is 4.61. The van der Waals surface area contributed by atoms with Crippen molar-refractivity contribution in [1.29, 1.82) is 0 Å². The molecule has 1 saturated carbocycles. The fourth-order valence-electron chi connectivity index (χ4n) is 5.49. The normalized spacial score (nSPS) is 23.9. The van der Waals surface area contributed by atoms with Crippen LogP contribution in [0.25, 0.3) is 0 Å². The summed E-state index contributed by atoms with van der Waals surface area (Å²) < 4.78 is 27.4. The molecule has 2 heterocycles. The first-order valence-electron chi connectivity index (χ1n) is 12.0. The minimum Gasteiger partial charge on any atom is -0.394 e. The molecule has 182 valence electrons. The number of piperazine rings is 1. The van der Waals surface area contributed by atoms with Crippen LogP contribution in [0.2, 0.25) is 0 Å². The highest BCUT2D eigenvalue weighted by Crippen LogP contribution is 2.43. The molecule has 2 aromatic carbocycles. The van der Waals surface area contributed by atoms with E-state index >= 15 is 0 Å². The number of benzene rings is 2. The molecule has 3 amide bonds. The van der Waals surface area contributed by atoms with Gasteiger partial charge in [0.05, 0.1) is 24.4 Å². The van der Waals surface area contributed by atoms with Crippen molar-refractivity contribution in [3.8, 4) is 11.8 Å². The number of anilines is 1. The molecule has 0 unspecified atom stereocenters. The molecule has 2 N–H and O–H groups in total. The molecule has 0 aromatic heterocycles. The molecule has 0 radical (unpaired) electrons. The molecular formula is C27H27F2N3O3. The van der Waals surface area contributed by atoms with Gasteiger partial charge in [-0.2, -0.15) is 0 Å². The van der Waals surface area contributed by atoms with Crippen LogP contribution < -0.4 is 5.32 Å². The Hall–Kier alpha value is -3.44. The largest absolute Gasteiger partial charge is 0.394 e. The minimum atomic E-state index is -0.761. The van der Waals surface area contributed by atoms with Gasteiger partial charge < -0.3 is 20.2 Å². The molecule has 3 fully saturated rings. The fourth-order valence-corrected chi connectivity index (χ4v) is 5.49. The molecule has 0 spiro atoms. The van der Waals surface area contributed by atoms with E-state index in [0.29, 0.717) is 5.92 Å². The molecule has 6 nitrogen and oxygen atoms in total. The third-order valence-electron chi connectivity index (χ3n) is 7.28. The first-order chi connectivity index (χ1) is 16.9. The van der Waals surface area contributed by atoms with Crippen LogP contribution >= 0.6 is 0 Å². The quantitative estimate of drug-likeness (QED) is 0.660. The van der Waals surface area contributed by atoms with E-state index < -0.39 is 17.7 Å². The van der Waals surface area contributed by atoms with Gasteiger partial charge in [-0.15, -0.1) is 0 Å². The lowest BCUT2D eigenvalue weighted by Gasteiger charge is -2.58. The number of hydrogen-bond donors (Lipinski definition) is 2. The molecule has 2 aliphatic heterocycles. The molecular weight excluding hydrogens is 452 g/mol. The topological polar surface area (TPSA) is 72.9 Å². The zero-order valence-corrected chi connectivity index (χ0v) is 19.2. The molecule has 3 atom stereocenters. The second kappa shape index (κ2) is 9.67. The van der Waals surface area contributed by atoms with Crippen molar-refractivity contribution in [2.24, 2.45) is 5.92 Å². The maximum atomic E-state index is 14.0. The van der Waals surface area contributed by atoms with Gasteiger partial charge in [0.15, 0.2) is 0 Å². The van der Waals surface area contributed by atoms with Crippen LogP contribution in [0.1, 0.15) is 42.7 Å². The van der Waals surface area contributed by atoms with Gasteiger partial charge in [-0.3, -0.25) is 4.79 Å². The van der Waals surface area contributed by atoms with Crippen LogP contribution in [-0.4, -0.2) is 58.6 Å². The predicted octanol–water partition coefficient (Wildman–Crippen LogP) is 3.71. The van der Waals surface area contributed by atoms with Crippen LogP contribution in [0.3, 0.4) is 0 Å². The molecule has 2 aromatic rings. The molecule has 0 bridgehead atoms. The average Bonchev–Trinajstić information content (AvgIpc) is 3.36. The molecule has 1 aliphatic carbocycles. The van der Waals surface area contributed by atoms with Crippen molar-refractivity contribution in [3.63, 3.8) is 0 Å². The number of carbonyl (C=O) groups is 2. The number of nitrogens with zero attached hydrogens (tertiary/aromatic N) is 2. The first-order valence-corrected chi connectivity index (χ1v) is 12.0. The summed E-state index contributed by atoms with van der Waals surface area (Å²) in [5, 5.41) is 12.3. The monoisotopic (exact) mass is 479 g/mol. The number of aliphatic hydroxyl groups is 1. The molecule has 35 heavy (non-hydrogen) atoms. The van der Waals surface area contributed by atoms with E-state index in [-0.39, 0.29) is 49.3 Å². The Morgan fingerprint density at radius 3 is 2.57 bits per heavy atom. The summed E-state index contributed by atoms with van der Waals surface area (Å²) in [5.74, 6) is 5.19. The zero-order chi connectivity index (χ0) is 24.5. The summed E-state index contributed by atoms with van der Waals surface area (Å²) >= 11 is 0. The van der Waals surface area contributed by atoms with Crippen molar-refractivity contribution in [1.82, 2.24) is 9.80 Å². The number of hydrogen-bond acceptors (Lipinski definition) is 3. The summed E-state index contributed by atoms with van der Waals surface area (Å²) in [5.41, 5.74) is 1.61. The number of rotatable bonds is 3. The van der Waals surface area contributed by atoms with Gasteiger partial charge in [0.1, 0.15) is 18.2 Å². The molecule has 3 aliphatic rings. The zero-order valence-electron chi connectivity index (χ0n) is 19.2. The summed E-state index contributed by atoms with van der Waals surface area (Å²) in [6, 6.07) is 9.29. The van der Waals surface area contributed by atoms with E-state index in [1.807, 2.05) is 24.3 Å². The van der Waals surface area contributed by atoms with Gasteiger partial charge in [0.2, 0.25) is 5.91 Å². The Bertz CT molecular complexity index is 1180. The van der Waals surface area contributed by atoms with E-state index in [4.69, 9.17) is 0 Å². The van der Waals surface area contributed by atoms with Crippen molar-refractivity contribution in [2.45, 2.75) is 43.7 Å². The Balaban J connectivity index is 1.30. The number of urea groups is 1. The highest BCUT2D eigenvalue weighted by atomic mass is 19.1. The van der Waals surface area contributed by atoms with E-state index in [1.165, 1.54) is 17.7 Å². The van der Waals surface area contributed by atoms with Crippen molar-refractivity contribution in [3.05, 3.63) is 65.2 Å². The third-order valence-corrected chi connectivity index (χ3v) is 7.28. The average molecular weight is 480 g/mol. The Morgan fingerprint density at radius 1 is 1.11 bits per heavy atom. The highest BCUT2D eigenvalue weighted by Gasteiger charge is 2.54. The van der Waals surface area contributed by atoms with Gasteiger partial charge in [0.25, 0.3) is 0 Å². The van der Waals surface area contributed by atoms with E-state index in [9.17, 15) is 23.5 Å². The number of halogens is 2. The van der Waals surface area contributed by atoms with E-state index in [1.54, 1.807) is 4.90 Å². The summed E-state index contributed by atoms with van der Waals surface area (Å²) in [6.45, 7) is -0.159. The fraction of sp³-hybridized carbons (Fsp3) is 0.407. The lowest BCUT2D eigenvalue weighted by Crippen LogP contribution is -2.73. The lowest BCUT2D eigenvalue weighted by atomic mass is 9.73. The Kier molecular flexibility index (Phi) is 6.44. The number of aliphatic hydroxyl groups excluding tert-OH is 1. The SMILES string of the molecule is O=C(Nc1cc(F)ccc1F)N1CC(=O)N2[C@H](CO)[C@@H](c3ccc(C#CC4CCCC4)cc3)[C@H]2C1. The van der Waals surface area contributed by atoms with Crippen molar-refractivity contribution >= 4 is 17.6 Å². The van der Waals surface area contributed by atoms with Crippen molar-refractivity contribution in [2.75, 3.05) is 25.0 Å². The smallest absolute Gasteiger partial charge is 0.322 e. The number of amides is 3. The molecule has 5 rings (SSSR count). The van der Waals surface area contributed by atoms with Crippen LogP contribution in [0, 0.1) is 29.4 Å². The van der Waals surface area contributed by atoms with Gasteiger partial charge in [0, 0.05) is 30.0 Å². The summed E-state index contributed by atoms with van der Waals surface area (Å²) in [7, 11) is 0. The standard InChI is InChI=1S/C27H27F2N3O3/c28-20-11-12-21(29)22(13-20)30-27(35)31-14-23-26(24(16-33)32(23)25(34)15-31)19-9-7-18(8-10-19)6-5-17-3-1-2-4-17/h7-13,17,23-24,26,33H,1-4,14-16H2,(H,30,35)/t23-,24-,26+/m1/s1. The first kappa shape index (κ1) is 23.3. The highest BCUT2D eigenvalue weighted by molar-refractivity contribution is 5.94. The maximum absolute atomic E-state index is 14.0. The Morgan fingerprint density at radius 2 is 1.86 bits per heavy atom. The van der Waals surface area contributed by atoms with Gasteiger partial charge in [-0.05, 0) is 42.7 Å². The minimum absolute atomic E-state index is 0.151. The maximum Gasteiger partial charge on any atom is 0.322 e. The van der Waals surface area contributed by atoms with Crippen LogP contribution in [0.5, 0.6) is 0 Å². The van der Waals surface area contributed by atoms with Crippen LogP contribution in [0.4, 0.5) is 19.3 Å². The van der Waals surface area contributed by atoms with E-state index in [0.717, 1.165) is 42.2 Å². The Labute approximate surface area is 202 Å². The lowest BCUT2D eigenvalue weighted by molar-refractivity contribution is -0.159. The second-order valence-corrected chi connectivity index (χ2v) is 9.45. The predicted molar refractivity (Wildman–Crippen MR) is 126 cm³/mol. The summed E-state index contributed by atoms with van der Waals surface area (Å²) in [6.07, 6.45) is 4.80. The van der Waals surface area contributed by atoms with Crippen LogP contribution in [-0.2, 0) is 4.79 Å². The van der Waals surface area contributed by atoms with Gasteiger partial charge >= 0.3 is 6.03 Å². The van der Waals surface area contributed by atoms with Gasteiger partial charge in [-0.25, -0.2) is 13.6 Å². The second-order valence-electron chi connectivity index (χ2n) is 9.45. The van der Waals surface area contributed by atoms with E-state index in [2.05, 4.69) is 17.2 Å². The molecule has 8 heteroatoms. The number of carbonyl (C=O) groups excluding carboxylic acids is 2. The molecule has 2 saturated heterocycles.